The standard InChI is InChI=1S/C23H25N3O2S/c1-16-8-9-20(21(27)17(16)2)23(28)26-12-10-25(11-13-26)14-19-15-29-22(24-19)18-6-4-3-5-7-18/h3-9,15,27H,10-14H2,1-2H3. The number of aryl methyl sites for hydroxylation is 1. The summed E-state index contributed by atoms with van der Waals surface area (Å²) in [5.41, 5.74) is 4.37. The summed E-state index contributed by atoms with van der Waals surface area (Å²) in [5.74, 6) is 0.0126. The summed E-state index contributed by atoms with van der Waals surface area (Å²) in [6.07, 6.45) is 0. The number of nitrogens with zero attached hydrogens (tertiary/aromatic N) is 3. The minimum atomic E-state index is -0.0923. The number of aromatic nitrogens is 1. The third-order valence-electron chi connectivity index (χ3n) is 5.55. The molecule has 6 heteroatoms. The van der Waals surface area contributed by atoms with Crippen molar-refractivity contribution in [3.8, 4) is 16.3 Å². The third kappa shape index (κ3) is 4.18. The Labute approximate surface area is 175 Å². The molecule has 0 spiro atoms. The van der Waals surface area contributed by atoms with Gasteiger partial charge in [-0.25, -0.2) is 4.98 Å². The molecule has 4 rings (SSSR count). The average molecular weight is 408 g/mol. The van der Waals surface area contributed by atoms with Crippen LogP contribution in [0.5, 0.6) is 5.75 Å². The van der Waals surface area contributed by atoms with Gasteiger partial charge >= 0.3 is 0 Å². The van der Waals surface area contributed by atoms with Crippen LogP contribution in [-0.4, -0.2) is 52.0 Å². The van der Waals surface area contributed by atoms with Gasteiger partial charge in [0.15, 0.2) is 0 Å². The van der Waals surface area contributed by atoms with Gasteiger partial charge in [-0.3, -0.25) is 9.69 Å². The number of amides is 1. The highest BCUT2D eigenvalue weighted by Crippen LogP contribution is 2.27. The molecule has 1 aromatic heterocycles. The van der Waals surface area contributed by atoms with Crippen LogP contribution in [0.1, 0.15) is 27.2 Å². The van der Waals surface area contributed by atoms with Crippen molar-refractivity contribution in [2.75, 3.05) is 26.2 Å². The van der Waals surface area contributed by atoms with Crippen LogP contribution in [0.4, 0.5) is 0 Å². The largest absolute Gasteiger partial charge is 0.507 e. The minimum absolute atomic E-state index is 0.0923. The van der Waals surface area contributed by atoms with Crippen molar-refractivity contribution in [2.45, 2.75) is 20.4 Å². The van der Waals surface area contributed by atoms with E-state index in [1.54, 1.807) is 17.4 Å². The lowest BCUT2D eigenvalue weighted by atomic mass is 10.0. The second-order valence-corrected chi connectivity index (χ2v) is 8.34. The van der Waals surface area contributed by atoms with E-state index in [1.165, 1.54) is 0 Å². The zero-order valence-electron chi connectivity index (χ0n) is 16.8. The Morgan fingerprint density at radius 2 is 1.79 bits per heavy atom. The molecule has 2 aromatic carbocycles. The van der Waals surface area contributed by atoms with Gasteiger partial charge in [-0.2, -0.15) is 0 Å². The lowest BCUT2D eigenvalue weighted by Crippen LogP contribution is -2.48. The van der Waals surface area contributed by atoms with Crippen LogP contribution >= 0.6 is 11.3 Å². The van der Waals surface area contributed by atoms with E-state index in [4.69, 9.17) is 4.98 Å². The topological polar surface area (TPSA) is 56.7 Å². The number of phenols is 1. The maximum absolute atomic E-state index is 12.8. The second kappa shape index (κ2) is 8.35. The number of hydrogen-bond acceptors (Lipinski definition) is 5. The minimum Gasteiger partial charge on any atom is -0.507 e. The molecule has 1 N–H and O–H groups in total. The van der Waals surface area contributed by atoms with Gasteiger partial charge in [0.2, 0.25) is 0 Å². The highest BCUT2D eigenvalue weighted by atomic mass is 32.1. The third-order valence-corrected chi connectivity index (χ3v) is 6.49. The Morgan fingerprint density at radius 1 is 1.07 bits per heavy atom. The van der Waals surface area contributed by atoms with E-state index in [0.29, 0.717) is 18.7 Å². The van der Waals surface area contributed by atoms with E-state index in [2.05, 4.69) is 22.4 Å². The molecule has 3 aromatic rings. The maximum atomic E-state index is 12.8. The number of aromatic hydroxyl groups is 1. The van der Waals surface area contributed by atoms with Crippen LogP contribution in [0, 0.1) is 13.8 Å². The summed E-state index contributed by atoms with van der Waals surface area (Å²) in [5, 5.41) is 13.5. The quantitative estimate of drug-likeness (QED) is 0.708. The highest BCUT2D eigenvalue weighted by Gasteiger charge is 2.25. The highest BCUT2D eigenvalue weighted by molar-refractivity contribution is 7.13. The van der Waals surface area contributed by atoms with Crippen LogP contribution in [0.3, 0.4) is 0 Å². The number of benzene rings is 2. The predicted molar refractivity (Wildman–Crippen MR) is 116 cm³/mol. The van der Waals surface area contributed by atoms with Gasteiger partial charge in [0, 0.05) is 43.7 Å². The molecule has 1 saturated heterocycles. The van der Waals surface area contributed by atoms with Crippen LogP contribution in [0.25, 0.3) is 10.6 Å². The molecule has 0 unspecified atom stereocenters. The lowest BCUT2D eigenvalue weighted by Gasteiger charge is -2.34. The van der Waals surface area contributed by atoms with E-state index in [1.807, 2.05) is 43.0 Å². The monoisotopic (exact) mass is 407 g/mol. The van der Waals surface area contributed by atoms with Crippen molar-refractivity contribution in [3.63, 3.8) is 0 Å². The SMILES string of the molecule is Cc1ccc(C(=O)N2CCN(Cc3csc(-c4ccccc4)n3)CC2)c(O)c1C. The van der Waals surface area contributed by atoms with E-state index >= 15 is 0 Å². The molecule has 150 valence electrons. The fourth-order valence-electron chi connectivity index (χ4n) is 3.58. The van der Waals surface area contributed by atoms with Crippen LogP contribution in [-0.2, 0) is 6.54 Å². The molecule has 0 bridgehead atoms. The summed E-state index contributed by atoms with van der Waals surface area (Å²) in [6.45, 7) is 7.48. The number of hydrogen-bond donors (Lipinski definition) is 1. The van der Waals surface area contributed by atoms with Gasteiger partial charge in [-0.15, -0.1) is 11.3 Å². The van der Waals surface area contributed by atoms with E-state index in [9.17, 15) is 9.90 Å². The fraction of sp³-hybridized carbons (Fsp3) is 0.304. The number of thiazole rings is 1. The summed E-state index contributed by atoms with van der Waals surface area (Å²) in [4.78, 5) is 21.8. The van der Waals surface area contributed by atoms with Gasteiger partial charge in [0.05, 0.1) is 11.3 Å². The molecule has 29 heavy (non-hydrogen) atoms. The van der Waals surface area contributed by atoms with Gasteiger partial charge in [-0.05, 0) is 31.0 Å². The second-order valence-electron chi connectivity index (χ2n) is 7.48. The van der Waals surface area contributed by atoms with Crippen molar-refractivity contribution in [1.29, 1.82) is 0 Å². The number of rotatable bonds is 4. The molecule has 0 atom stereocenters. The maximum Gasteiger partial charge on any atom is 0.257 e. The van der Waals surface area contributed by atoms with Crippen LogP contribution in [0.15, 0.2) is 47.8 Å². The Bertz CT molecular complexity index is 1010. The molecule has 2 heterocycles. The van der Waals surface area contributed by atoms with Crippen LogP contribution in [0.2, 0.25) is 0 Å². The number of phenolic OH excluding ortho intramolecular Hbond substituents is 1. The van der Waals surface area contributed by atoms with Gasteiger partial charge in [0.1, 0.15) is 10.8 Å². The number of carbonyl (C=O) groups is 1. The summed E-state index contributed by atoms with van der Waals surface area (Å²) in [6, 6.07) is 13.8. The fourth-order valence-corrected chi connectivity index (χ4v) is 4.39. The van der Waals surface area contributed by atoms with Crippen molar-refractivity contribution in [1.82, 2.24) is 14.8 Å². The predicted octanol–water partition coefficient (Wildman–Crippen LogP) is 4.09. The first-order valence-electron chi connectivity index (χ1n) is 9.83. The van der Waals surface area contributed by atoms with Crippen LogP contribution < -0.4 is 0 Å². The van der Waals surface area contributed by atoms with E-state index in [0.717, 1.165) is 47.0 Å². The molecule has 1 aliphatic heterocycles. The molecule has 0 aliphatic carbocycles. The van der Waals surface area contributed by atoms with Gasteiger partial charge < -0.3 is 10.0 Å². The normalized spacial score (nSPS) is 14.9. The molecule has 5 nitrogen and oxygen atoms in total. The van der Waals surface area contributed by atoms with Crippen molar-refractivity contribution in [3.05, 3.63) is 70.2 Å². The van der Waals surface area contributed by atoms with E-state index < -0.39 is 0 Å². The van der Waals surface area contributed by atoms with Crippen molar-refractivity contribution < 1.29 is 9.90 Å². The smallest absolute Gasteiger partial charge is 0.257 e. The number of carbonyl (C=O) groups excluding carboxylic acids is 1. The summed E-state index contributed by atoms with van der Waals surface area (Å²) in [7, 11) is 0. The molecule has 0 radical (unpaired) electrons. The molecule has 1 fully saturated rings. The molecule has 1 aliphatic rings. The first kappa shape index (κ1) is 19.6. The Morgan fingerprint density at radius 3 is 2.52 bits per heavy atom. The van der Waals surface area contributed by atoms with E-state index in [-0.39, 0.29) is 11.7 Å². The number of piperazine rings is 1. The Kier molecular flexibility index (Phi) is 5.65. The molecule has 0 saturated carbocycles. The zero-order valence-corrected chi connectivity index (χ0v) is 17.6. The Balaban J connectivity index is 1.36. The summed E-state index contributed by atoms with van der Waals surface area (Å²) >= 11 is 1.67. The molecular formula is C23H25N3O2S. The summed E-state index contributed by atoms with van der Waals surface area (Å²) < 4.78 is 0. The first-order chi connectivity index (χ1) is 14.0. The van der Waals surface area contributed by atoms with Gasteiger partial charge in [-0.1, -0.05) is 36.4 Å². The van der Waals surface area contributed by atoms with Crippen molar-refractivity contribution >= 4 is 17.2 Å². The zero-order chi connectivity index (χ0) is 20.4. The lowest BCUT2D eigenvalue weighted by molar-refractivity contribution is 0.0624. The Hall–Kier alpha value is -2.70. The molecule has 1 amide bonds. The van der Waals surface area contributed by atoms with Gasteiger partial charge in [0.25, 0.3) is 5.91 Å². The average Bonchev–Trinajstić information content (AvgIpc) is 3.21. The first-order valence-corrected chi connectivity index (χ1v) is 10.7. The molecular weight excluding hydrogens is 382 g/mol. The van der Waals surface area contributed by atoms with Crippen molar-refractivity contribution in [2.24, 2.45) is 0 Å².